The van der Waals surface area contributed by atoms with Crippen molar-refractivity contribution < 1.29 is 19.1 Å². The number of allylic oxidation sites excluding steroid dienone is 3. The molecule has 208 valence electrons. The van der Waals surface area contributed by atoms with E-state index in [1.807, 2.05) is 53.1 Å². The maximum atomic E-state index is 13.4. The van der Waals surface area contributed by atoms with Crippen molar-refractivity contribution in [3.05, 3.63) is 53.0 Å². The molecule has 2 aliphatic rings. The molecule has 0 atom stereocenters. The zero-order chi connectivity index (χ0) is 28.5. The van der Waals surface area contributed by atoms with Crippen LogP contribution in [0.4, 0.5) is 10.5 Å². The highest BCUT2D eigenvalue weighted by Crippen LogP contribution is 2.36. The number of anilines is 1. The smallest absolute Gasteiger partial charge is 0.410 e. The molecule has 0 radical (unpaired) electrons. The van der Waals surface area contributed by atoms with Gasteiger partial charge in [0.15, 0.2) is 5.75 Å². The van der Waals surface area contributed by atoms with E-state index in [1.165, 1.54) is 0 Å². The van der Waals surface area contributed by atoms with Crippen molar-refractivity contribution in [2.45, 2.75) is 33.3 Å². The number of aryl methyl sites for hydroxylation is 2. The average Bonchev–Trinajstić information content (AvgIpc) is 3.26. The molecule has 2 aromatic rings. The SMILES string of the molecule is CN/C=C1\C(=N)C(C(=O)Nc2cc(C)c3nn(C)cc3c2OC)=CC=C1N1CCN(C(=O)OC(C)(C)C)CC1. The van der Waals surface area contributed by atoms with Crippen LogP contribution in [0, 0.1) is 12.3 Å². The molecule has 3 N–H and O–H groups in total. The Hall–Kier alpha value is -4.28. The quantitative estimate of drug-likeness (QED) is 0.536. The lowest BCUT2D eigenvalue weighted by Crippen LogP contribution is -2.50. The highest BCUT2D eigenvalue weighted by atomic mass is 16.6. The predicted octanol–water partition coefficient (Wildman–Crippen LogP) is 3.33. The van der Waals surface area contributed by atoms with Gasteiger partial charge in [0.05, 0.1) is 35.0 Å². The molecular weight excluding hydrogens is 498 g/mol. The first-order chi connectivity index (χ1) is 18.4. The minimum absolute atomic E-state index is 0.104. The van der Waals surface area contributed by atoms with Crippen LogP contribution in [-0.2, 0) is 16.6 Å². The Labute approximate surface area is 228 Å². The van der Waals surface area contributed by atoms with Crippen LogP contribution in [0.3, 0.4) is 0 Å². The topological polar surface area (TPSA) is 125 Å². The van der Waals surface area contributed by atoms with E-state index in [9.17, 15) is 9.59 Å². The van der Waals surface area contributed by atoms with Gasteiger partial charge in [0.1, 0.15) is 5.60 Å². The number of nitrogens with one attached hydrogen (secondary N) is 3. The zero-order valence-electron chi connectivity index (χ0n) is 23.6. The summed E-state index contributed by atoms with van der Waals surface area (Å²) >= 11 is 0. The van der Waals surface area contributed by atoms with Gasteiger partial charge in [-0.1, -0.05) is 0 Å². The maximum Gasteiger partial charge on any atom is 0.410 e. The van der Waals surface area contributed by atoms with Crippen molar-refractivity contribution in [1.82, 2.24) is 24.9 Å². The second kappa shape index (κ2) is 10.8. The summed E-state index contributed by atoms with van der Waals surface area (Å²) in [6, 6.07) is 1.83. The van der Waals surface area contributed by atoms with Gasteiger partial charge in [-0.2, -0.15) is 5.10 Å². The molecule has 1 fully saturated rings. The van der Waals surface area contributed by atoms with Gasteiger partial charge in [0.2, 0.25) is 0 Å². The standard InChI is InChI=1S/C28H37N7O4/c1-17-14-21(25(38-7)20-16-33(6)32-24(17)20)31-26(36)18-8-9-22(19(15-30-5)23(18)29)34-10-12-35(13-11-34)27(37)39-28(2,3)4/h8-9,14-16,29-30H,10-13H2,1-7H3,(H,31,36)/b19-15-,29-23?. The number of aromatic nitrogens is 2. The molecule has 1 aromatic heterocycles. The Morgan fingerprint density at radius 3 is 2.46 bits per heavy atom. The highest BCUT2D eigenvalue weighted by molar-refractivity contribution is 6.32. The Kier molecular flexibility index (Phi) is 7.71. The van der Waals surface area contributed by atoms with Crippen molar-refractivity contribution in [1.29, 1.82) is 5.41 Å². The van der Waals surface area contributed by atoms with Crippen LogP contribution >= 0.6 is 0 Å². The van der Waals surface area contributed by atoms with Crippen molar-refractivity contribution in [3.63, 3.8) is 0 Å². The molecule has 0 bridgehead atoms. The Bertz CT molecular complexity index is 1400. The number of fused-ring (bicyclic) bond motifs is 1. The fraction of sp³-hybridized carbons (Fsp3) is 0.429. The molecule has 1 aliphatic carbocycles. The maximum absolute atomic E-state index is 13.4. The summed E-state index contributed by atoms with van der Waals surface area (Å²) in [5, 5.41) is 20.1. The number of piperazine rings is 1. The third-order valence-electron chi connectivity index (χ3n) is 6.53. The van der Waals surface area contributed by atoms with Gasteiger partial charge < -0.3 is 29.9 Å². The molecule has 1 aliphatic heterocycles. The van der Waals surface area contributed by atoms with Gasteiger partial charge >= 0.3 is 6.09 Å². The first-order valence-electron chi connectivity index (χ1n) is 12.9. The molecule has 2 heterocycles. The van der Waals surface area contributed by atoms with E-state index >= 15 is 0 Å². The van der Waals surface area contributed by atoms with E-state index in [2.05, 4.69) is 20.6 Å². The second-order valence-electron chi connectivity index (χ2n) is 10.6. The number of benzene rings is 1. The van der Waals surface area contributed by atoms with E-state index in [0.717, 1.165) is 22.2 Å². The monoisotopic (exact) mass is 535 g/mol. The van der Waals surface area contributed by atoms with Crippen LogP contribution < -0.4 is 15.4 Å². The average molecular weight is 536 g/mol. The largest absolute Gasteiger partial charge is 0.494 e. The van der Waals surface area contributed by atoms with Gasteiger partial charge in [-0.05, 0) is 51.5 Å². The molecule has 11 heteroatoms. The number of carbonyl (C=O) groups excluding carboxylic acids is 2. The summed E-state index contributed by atoms with van der Waals surface area (Å²) in [4.78, 5) is 29.7. The number of ether oxygens (including phenoxy) is 2. The molecule has 1 aromatic carbocycles. The molecular formula is C28H37N7O4. The summed E-state index contributed by atoms with van der Waals surface area (Å²) in [5.74, 6) is 0.109. The van der Waals surface area contributed by atoms with E-state index in [-0.39, 0.29) is 17.4 Å². The normalized spacial score (nSPS) is 17.2. The highest BCUT2D eigenvalue weighted by Gasteiger charge is 2.31. The van der Waals surface area contributed by atoms with Crippen molar-refractivity contribution in [3.8, 4) is 5.75 Å². The number of carbonyl (C=O) groups is 2. The van der Waals surface area contributed by atoms with Crippen LogP contribution in [0.5, 0.6) is 5.75 Å². The fourth-order valence-electron chi connectivity index (χ4n) is 4.76. The minimum atomic E-state index is -0.549. The molecule has 0 spiro atoms. The molecule has 4 rings (SSSR count). The molecule has 2 amide bonds. The van der Waals surface area contributed by atoms with Crippen LogP contribution in [0.15, 0.2) is 47.5 Å². The Morgan fingerprint density at radius 1 is 1.15 bits per heavy atom. The van der Waals surface area contributed by atoms with Crippen LogP contribution in [-0.4, -0.2) is 83.2 Å². The van der Waals surface area contributed by atoms with Gasteiger partial charge in [-0.15, -0.1) is 0 Å². The number of nitrogens with zero attached hydrogens (tertiary/aromatic N) is 4. The first-order valence-corrected chi connectivity index (χ1v) is 12.9. The molecule has 11 nitrogen and oxygen atoms in total. The first kappa shape index (κ1) is 27.7. The molecule has 0 saturated carbocycles. The number of hydrogen-bond donors (Lipinski definition) is 3. The number of hydrogen-bond acceptors (Lipinski definition) is 8. The van der Waals surface area contributed by atoms with Crippen molar-refractivity contribution >= 4 is 34.3 Å². The van der Waals surface area contributed by atoms with E-state index in [4.69, 9.17) is 14.9 Å². The molecule has 1 saturated heterocycles. The summed E-state index contributed by atoms with van der Waals surface area (Å²) in [6.07, 6.45) is 6.77. The third kappa shape index (κ3) is 5.76. The lowest BCUT2D eigenvalue weighted by atomic mass is 9.93. The number of methoxy groups -OCH3 is 1. The third-order valence-corrected chi connectivity index (χ3v) is 6.53. The van der Waals surface area contributed by atoms with Gasteiger partial charge in [-0.25, -0.2) is 4.79 Å². The summed E-state index contributed by atoms with van der Waals surface area (Å²) in [7, 11) is 5.15. The lowest BCUT2D eigenvalue weighted by Gasteiger charge is -2.39. The predicted molar refractivity (Wildman–Crippen MR) is 151 cm³/mol. The molecule has 39 heavy (non-hydrogen) atoms. The summed E-state index contributed by atoms with van der Waals surface area (Å²) in [5.41, 5.74) is 3.42. The van der Waals surface area contributed by atoms with Crippen molar-refractivity contribution in [2.75, 3.05) is 45.7 Å². The van der Waals surface area contributed by atoms with Crippen LogP contribution in [0.1, 0.15) is 26.3 Å². The number of amides is 2. The fourth-order valence-corrected chi connectivity index (χ4v) is 4.76. The van der Waals surface area contributed by atoms with E-state index < -0.39 is 11.5 Å². The van der Waals surface area contributed by atoms with Crippen LogP contribution in [0.2, 0.25) is 0 Å². The summed E-state index contributed by atoms with van der Waals surface area (Å²) < 4.78 is 12.8. The van der Waals surface area contributed by atoms with Crippen molar-refractivity contribution in [2.24, 2.45) is 7.05 Å². The molecule has 0 unspecified atom stereocenters. The minimum Gasteiger partial charge on any atom is -0.494 e. The van der Waals surface area contributed by atoms with Gasteiger partial charge in [-0.3, -0.25) is 14.9 Å². The van der Waals surface area contributed by atoms with Gasteiger partial charge in [0, 0.05) is 63.9 Å². The lowest BCUT2D eigenvalue weighted by molar-refractivity contribution is -0.112. The van der Waals surface area contributed by atoms with E-state index in [0.29, 0.717) is 43.2 Å². The van der Waals surface area contributed by atoms with Crippen LogP contribution in [0.25, 0.3) is 10.9 Å². The van der Waals surface area contributed by atoms with E-state index in [1.54, 1.807) is 36.0 Å². The number of rotatable bonds is 5. The second-order valence-corrected chi connectivity index (χ2v) is 10.6. The van der Waals surface area contributed by atoms with Gasteiger partial charge in [0.25, 0.3) is 5.91 Å². The Morgan fingerprint density at radius 2 is 1.85 bits per heavy atom. The summed E-state index contributed by atoms with van der Waals surface area (Å²) in [6.45, 7) is 9.64. The zero-order valence-corrected chi connectivity index (χ0v) is 23.6. The Balaban J connectivity index is 1.55.